The lowest BCUT2D eigenvalue weighted by Crippen LogP contribution is -2.15. The fourth-order valence-corrected chi connectivity index (χ4v) is 3.76. The van der Waals surface area contributed by atoms with E-state index in [9.17, 15) is 4.79 Å². The molecule has 0 bridgehead atoms. The number of amides is 1. The van der Waals surface area contributed by atoms with Crippen molar-refractivity contribution < 1.29 is 13.9 Å². The van der Waals surface area contributed by atoms with Crippen molar-refractivity contribution >= 4 is 35.0 Å². The summed E-state index contributed by atoms with van der Waals surface area (Å²) in [6.07, 6.45) is 1.58. The number of ether oxygens (including phenoxy) is 1. The van der Waals surface area contributed by atoms with Gasteiger partial charge in [0.2, 0.25) is 11.7 Å². The van der Waals surface area contributed by atoms with Crippen molar-refractivity contribution in [2.75, 3.05) is 18.2 Å². The van der Waals surface area contributed by atoms with E-state index >= 15 is 0 Å². The number of furan rings is 1. The molecule has 2 aromatic carbocycles. The summed E-state index contributed by atoms with van der Waals surface area (Å²) in [5, 5.41) is 12.4. The Morgan fingerprint density at radius 1 is 1.17 bits per heavy atom. The number of thioether (sulfide) groups is 1. The van der Waals surface area contributed by atoms with Crippen LogP contribution in [0.25, 0.3) is 17.3 Å². The molecule has 0 fully saturated rings. The average Bonchev–Trinajstić information content (AvgIpc) is 3.43. The number of halogens is 1. The number of carbonyl (C=O) groups is 1. The molecule has 9 heteroatoms. The molecule has 152 valence electrons. The normalized spacial score (nSPS) is 10.7. The van der Waals surface area contributed by atoms with E-state index in [1.54, 1.807) is 30.5 Å². The first-order chi connectivity index (χ1) is 14.7. The fourth-order valence-electron chi connectivity index (χ4n) is 2.83. The molecule has 0 aliphatic heterocycles. The second kappa shape index (κ2) is 9.06. The number of anilines is 1. The zero-order valence-electron chi connectivity index (χ0n) is 15.9. The second-order valence-corrected chi connectivity index (χ2v) is 7.51. The molecule has 0 aliphatic carbocycles. The van der Waals surface area contributed by atoms with Crippen LogP contribution >= 0.6 is 23.4 Å². The molecule has 7 nitrogen and oxygen atoms in total. The van der Waals surface area contributed by atoms with Crippen LogP contribution in [0.2, 0.25) is 5.02 Å². The Kier molecular flexibility index (Phi) is 6.06. The predicted octanol–water partition coefficient (Wildman–Crippen LogP) is 4.92. The van der Waals surface area contributed by atoms with Gasteiger partial charge in [0.15, 0.2) is 10.9 Å². The molecule has 2 aromatic heterocycles. The lowest BCUT2D eigenvalue weighted by Gasteiger charge is -2.11. The van der Waals surface area contributed by atoms with E-state index in [-0.39, 0.29) is 11.7 Å². The maximum Gasteiger partial charge on any atom is 0.234 e. The summed E-state index contributed by atoms with van der Waals surface area (Å²) in [7, 11) is 1.53. The zero-order chi connectivity index (χ0) is 20.9. The number of methoxy groups -OCH3 is 1. The van der Waals surface area contributed by atoms with Crippen molar-refractivity contribution in [3.63, 3.8) is 0 Å². The second-order valence-electron chi connectivity index (χ2n) is 6.14. The third-order valence-electron chi connectivity index (χ3n) is 4.16. The molecule has 4 rings (SSSR count). The van der Waals surface area contributed by atoms with Crippen molar-refractivity contribution in [1.82, 2.24) is 14.8 Å². The first-order valence-electron chi connectivity index (χ1n) is 8.96. The highest BCUT2D eigenvalue weighted by molar-refractivity contribution is 7.99. The van der Waals surface area contributed by atoms with Crippen LogP contribution in [0.5, 0.6) is 5.75 Å². The Morgan fingerprint density at radius 2 is 2.00 bits per heavy atom. The Morgan fingerprint density at radius 3 is 2.73 bits per heavy atom. The first-order valence-corrected chi connectivity index (χ1v) is 10.3. The number of para-hydroxylation sites is 1. The molecule has 30 heavy (non-hydrogen) atoms. The summed E-state index contributed by atoms with van der Waals surface area (Å²) in [4.78, 5) is 12.5. The van der Waals surface area contributed by atoms with Gasteiger partial charge in [-0.15, -0.1) is 10.2 Å². The summed E-state index contributed by atoms with van der Waals surface area (Å²) in [6.45, 7) is 0. The van der Waals surface area contributed by atoms with E-state index in [0.29, 0.717) is 33.2 Å². The lowest BCUT2D eigenvalue weighted by molar-refractivity contribution is -0.113. The van der Waals surface area contributed by atoms with Gasteiger partial charge in [0.25, 0.3) is 0 Å². The minimum Gasteiger partial charge on any atom is -0.495 e. The largest absolute Gasteiger partial charge is 0.495 e. The van der Waals surface area contributed by atoms with Crippen LogP contribution in [0.1, 0.15) is 0 Å². The van der Waals surface area contributed by atoms with Gasteiger partial charge in [0, 0.05) is 10.7 Å². The van der Waals surface area contributed by atoms with Crippen molar-refractivity contribution in [3.05, 3.63) is 71.9 Å². The molecule has 1 N–H and O–H groups in total. The SMILES string of the molecule is COc1ccc(Cl)cc1NC(=O)CSc1nnc(-c2ccco2)n1-c1ccccc1. The molecule has 4 aromatic rings. The van der Waals surface area contributed by atoms with E-state index in [1.807, 2.05) is 41.0 Å². The topological polar surface area (TPSA) is 82.2 Å². The Balaban J connectivity index is 1.55. The van der Waals surface area contributed by atoms with Crippen LogP contribution in [-0.4, -0.2) is 33.5 Å². The van der Waals surface area contributed by atoms with E-state index in [0.717, 1.165) is 5.69 Å². The Labute approximate surface area is 182 Å². The van der Waals surface area contributed by atoms with Gasteiger partial charge in [0.05, 0.1) is 24.8 Å². The van der Waals surface area contributed by atoms with Gasteiger partial charge in [-0.25, -0.2) is 0 Å². The number of nitrogens with one attached hydrogen (secondary N) is 1. The van der Waals surface area contributed by atoms with Crippen LogP contribution in [0.3, 0.4) is 0 Å². The van der Waals surface area contributed by atoms with Gasteiger partial charge in [-0.3, -0.25) is 9.36 Å². The van der Waals surface area contributed by atoms with Crippen LogP contribution in [0, 0.1) is 0 Å². The molecule has 2 heterocycles. The van der Waals surface area contributed by atoms with E-state index in [4.69, 9.17) is 20.8 Å². The summed E-state index contributed by atoms with van der Waals surface area (Å²) in [5.74, 6) is 1.59. The predicted molar refractivity (Wildman–Crippen MR) is 116 cm³/mol. The highest BCUT2D eigenvalue weighted by Gasteiger charge is 2.19. The summed E-state index contributed by atoms with van der Waals surface area (Å²) >= 11 is 7.29. The molecule has 0 atom stereocenters. The number of aromatic nitrogens is 3. The molecule has 0 radical (unpaired) electrons. The first kappa shape index (κ1) is 20.1. The van der Waals surface area contributed by atoms with Crippen molar-refractivity contribution in [3.8, 4) is 23.0 Å². The summed E-state index contributed by atoms with van der Waals surface area (Å²) in [5.41, 5.74) is 1.38. The zero-order valence-corrected chi connectivity index (χ0v) is 17.5. The standard InChI is InChI=1S/C21H17ClN4O3S/c1-28-17-10-9-14(22)12-16(17)23-19(27)13-30-21-25-24-20(18-8-5-11-29-18)26(21)15-6-3-2-4-7-15/h2-12H,13H2,1H3,(H,23,27). The molecule has 0 aliphatic rings. The number of carbonyl (C=O) groups excluding carboxylic acids is 1. The highest BCUT2D eigenvalue weighted by Crippen LogP contribution is 2.30. The van der Waals surface area contributed by atoms with Crippen LogP contribution in [0.15, 0.2) is 76.5 Å². The van der Waals surface area contributed by atoms with Crippen molar-refractivity contribution in [1.29, 1.82) is 0 Å². The molecular formula is C21H17ClN4O3S. The molecule has 1 amide bonds. The molecular weight excluding hydrogens is 424 g/mol. The minimum atomic E-state index is -0.220. The highest BCUT2D eigenvalue weighted by atomic mass is 35.5. The Bertz CT molecular complexity index is 1150. The number of benzene rings is 2. The number of rotatable bonds is 7. The quantitative estimate of drug-likeness (QED) is 0.411. The van der Waals surface area contributed by atoms with Gasteiger partial charge in [-0.1, -0.05) is 41.6 Å². The van der Waals surface area contributed by atoms with Crippen LogP contribution in [0.4, 0.5) is 5.69 Å². The number of hydrogen-bond acceptors (Lipinski definition) is 6. The smallest absolute Gasteiger partial charge is 0.234 e. The van der Waals surface area contributed by atoms with Gasteiger partial charge in [-0.05, 0) is 42.5 Å². The van der Waals surface area contributed by atoms with E-state index in [2.05, 4.69) is 15.5 Å². The van der Waals surface area contributed by atoms with Crippen LogP contribution in [-0.2, 0) is 4.79 Å². The average molecular weight is 441 g/mol. The molecule has 0 unspecified atom stereocenters. The number of nitrogens with zero attached hydrogens (tertiary/aromatic N) is 3. The van der Waals surface area contributed by atoms with Gasteiger partial charge in [-0.2, -0.15) is 0 Å². The maximum absolute atomic E-state index is 12.5. The van der Waals surface area contributed by atoms with Crippen LogP contribution < -0.4 is 10.1 Å². The molecule has 0 spiro atoms. The molecule has 0 saturated heterocycles. The fraction of sp³-hybridized carbons (Fsp3) is 0.0952. The van der Waals surface area contributed by atoms with Crippen molar-refractivity contribution in [2.45, 2.75) is 5.16 Å². The monoisotopic (exact) mass is 440 g/mol. The third kappa shape index (κ3) is 4.34. The van der Waals surface area contributed by atoms with E-state index < -0.39 is 0 Å². The summed E-state index contributed by atoms with van der Waals surface area (Å²) in [6, 6.07) is 18.3. The third-order valence-corrected chi connectivity index (χ3v) is 5.32. The maximum atomic E-state index is 12.5. The van der Waals surface area contributed by atoms with Crippen molar-refractivity contribution in [2.24, 2.45) is 0 Å². The minimum absolute atomic E-state index is 0.124. The lowest BCUT2D eigenvalue weighted by atomic mass is 10.3. The van der Waals surface area contributed by atoms with E-state index in [1.165, 1.54) is 18.9 Å². The van der Waals surface area contributed by atoms with Gasteiger partial charge < -0.3 is 14.5 Å². The molecule has 0 saturated carbocycles. The Hall–Kier alpha value is -3.23. The number of hydrogen-bond donors (Lipinski definition) is 1. The van der Waals surface area contributed by atoms with Gasteiger partial charge >= 0.3 is 0 Å². The van der Waals surface area contributed by atoms with Gasteiger partial charge in [0.1, 0.15) is 5.75 Å². The summed E-state index contributed by atoms with van der Waals surface area (Å²) < 4.78 is 12.6.